The monoisotopic (exact) mass is 236 g/mol. The van der Waals surface area contributed by atoms with Crippen LogP contribution in [0.1, 0.15) is 13.8 Å². The molecule has 0 saturated carbocycles. The van der Waals surface area contributed by atoms with Crippen LogP contribution in [0.2, 0.25) is 0 Å². The first kappa shape index (κ1) is 12.9. The van der Waals surface area contributed by atoms with E-state index in [9.17, 15) is 8.42 Å². The van der Waals surface area contributed by atoms with Crippen molar-refractivity contribution in [3.63, 3.8) is 0 Å². The number of hydrogen-bond donors (Lipinski definition) is 1. The summed E-state index contributed by atoms with van der Waals surface area (Å²) in [6.07, 6.45) is 0. The Kier molecular flexibility index (Phi) is 4.11. The van der Waals surface area contributed by atoms with E-state index in [4.69, 9.17) is 5.11 Å². The van der Waals surface area contributed by atoms with Crippen LogP contribution in [-0.2, 0) is 10.0 Å². The molecule has 2 atom stereocenters. The molecule has 6 heteroatoms. The summed E-state index contributed by atoms with van der Waals surface area (Å²) in [6, 6.07) is 0.236. The number of aliphatic hydroxyl groups is 1. The lowest BCUT2D eigenvalue weighted by Gasteiger charge is -2.37. The number of piperazine rings is 1. The molecule has 5 nitrogen and oxygen atoms in total. The van der Waals surface area contributed by atoms with Gasteiger partial charge in [0.15, 0.2) is 0 Å². The quantitative estimate of drug-likeness (QED) is 0.706. The number of aliphatic hydroxyl groups excluding tert-OH is 1. The Hall–Kier alpha value is -0.170. The maximum absolute atomic E-state index is 11.9. The van der Waals surface area contributed by atoms with Crippen LogP contribution in [0.4, 0.5) is 0 Å². The van der Waals surface area contributed by atoms with Crippen LogP contribution in [0.25, 0.3) is 0 Å². The molecule has 0 aromatic carbocycles. The summed E-state index contributed by atoms with van der Waals surface area (Å²) < 4.78 is 25.3. The predicted molar refractivity (Wildman–Crippen MR) is 59.1 cm³/mol. The van der Waals surface area contributed by atoms with Gasteiger partial charge in [0.1, 0.15) is 0 Å². The topological polar surface area (TPSA) is 60.9 Å². The van der Waals surface area contributed by atoms with Gasteiger partial charge in [-0.25, -0.2) is 8.42 Å². The summed E-state index contributed by atoms with van der Waals surface area (Å²) in [6.45, 7) is 5.02. The number of rotatable bonds is 3. The molecular weight excluding hydrogens is 216 g/mol. The van der Waals surface area contributed by atoms with Crippen molar-refractivity contribution in [3.05, 3.63) is 0 Å². The van der Waals surface area contributed by atoms with Crippen molar-refractivity contribution in [2.24, 2.45) is 0 Å². The molecule has 0 radical (unpaired) electrons. The van der Waals surface area contributed by atoms with Gasteiger partial charge in [-0.15, -0.1) is 0 Å². The Bertz CT molecular complexity index is 304. The minimum atomic E-state index is -3.31. The Morgan fingerprint density at radius 3 is 2.53 bits per heavy atom. The fraction of sp³-hybridized carbons (Fsp3) is 1.00. The van der Waals surface area contributed by atoms with Crippen LogP contribution in [-0.4, -0.2) is 67.3 Å². The zero-order valence-electron chi connectivity index (χ0n) is 9.55. The van der Waals surface area contributed by atoms with E-state index in [0.29, 0.717) is 13.1 Å². The summed E-state index contributed by atoms with van der Waals surface area (Å²) in [7, 11) is -1.32. The highest BCUT2D eigenvalue weighted by molar-refractivity contribution is 7.89. The predicted octanol–water partition coefficient (Wildman–Crippen LogP) is -0.667. The molecule has 1 aliphatic heterocycles. The molecule has 90 valence electrons. The number of nitrogens with zero attached hydrogens (tertiary/aromatic N) is 2. The van der Waals surface area contributed by atoms with Crippen molar-refractivity contribution in [2.45, 2.75) is 25.1 Å². The number of likely N-dealkylation sites (N-methyl/N-ethyl adjacent to an activating group) is 1. The Balaban J connectivity index is 2.73. The fourth-order valence-corrected chi connectivity index (χ4v) is 3.05. The van der Waals surface area contributed by atoms with Crippen LogP contribution in [0.3, 0.4) is 0 Å². The van der Waals surface area contributed by atoms with Crippen LogP contribution in [0.15, 0.2) is 0 Å². The molecule has 0 aromatic rings. The second kappa shape index (κ2) is 4.78. The van der Waals surface area contributed by atoms with Crippen LogP contribution in [0, 0.1) is 0 Å². The number of hydrogen-bond acceptors (Lipinski definition) is 4. The maximum atomic E-state index is 11.9. The first-order chi connectivity index (χ1) is 6.89. The standard InChI is InChI=1S/C9H20N2O3S/c1-8-6-11(5-4-10(8)3)15(13,14)9(2)7-12/h8-9,12H,4-7H2,1-3H3. The van der Waals surface area contributed by atoms with Gasteiger partial charge in [-0.3, -0.25) is 0 Å². The Morgan fingerprint density at radius 2 is 2.07 bits per heavy atom. The van der Waals surface area contributed by atoms with Gasteiger partial charge in [0.25, 0.3) is 0 Å². The smallest absolute Gasteiger partial charge is 0.219 e. The molecule has 0 amide bonds. The molecule has 1 rings (SSSR count). The first-order valence-corrected chi connectivity index (χ1v) is 6.70. The van der Waals surface area contributed by atoms with Gasteiger partial charge in [0, 0.05) is 25.7 Å². The van der Waals surface area contributed by atoms with E-state index in [1.165, 1.54) is 4.31 Å². The van der Waals surface area contributed by atoms with E-state index in [1.807, 2.05) is 14.0 Å². The highest BCUT2D eigenvalue weighted by Crippen LogP contribution is 2.14. The van der Waals surface area contributed by atoms with Gasteiger partial charge < -0.3 is 10.0 Å². The minimum Gasteiger partial charge on any atom is -0.395 e. The average Bonchev–Trinajstić information content (AvgIpc) is 2.20. The zero-order valence-corrected chi connectivity index (χ0v) is 10.4. The third-order valence-electron chi connectivity index (χ3n) is 3.05. The summed E-state index contributed by atoms with van der Waals surface area (Å²) in [4.78, 5) is 2.13. The van der Waals surface area contributed by atoms with Crippen molar-refractivity contribution >= 4 is 10.0 Å². The molecule has 0 spiro atoms. The van der Waals surface area contributed by atoms with Gasteiger partial charge in [-0.05, 0) is 20.9 Å². The largest absolute Gasteiger partial charge is 0.395 e. The molecule has 0 aromatic heterocycles. The molecule has 0 aliphatic carbocycles. The maximum Gasteiger partial charge on any atom is 0.219 e. The van der Waals surface area contributed by atoms with Gasteiger partial charge in [0.2, 0.25) is 10.0 Å². The first-order valence-electron chi connectivity index (χ1n) is 5.19. The molecular formula is C9H20N2O3S. The van der Waals surface area contributed by atoms with Crippen LogP contribution < -0.4 is 0 Å². The molecule has 2 unspecified atom stereocenters. The third-order valence-corrected chi connectivity index (χ3v) is 5.27. The normalized spacial score (nSPS) is 27.9. The molecule has 1 saturated heterocycles. The zero-order chi connectivity index (χ0) is 11.6. The van der Waals surface area contributed by atoms with E-state index in [0.717, 1.165) is 6.54 Å². The fourth-order valence-electron chi connectivity index (χ4n) is 1.59. The molecule has 1 aliphatic rings. The Labute approximate surface area is 91.7 Å². The summed E-state index contributed by atoms with van der Waals surface area (Å²) in [5.74, 6) is 0. The van der Waals surface area contributed by atoms with Gasteiger partial charge >= 0.3 is 0 Å². The van der Waals surface area contributed by atoms with E-state index in [1.54, 1.807) is 6.92 Å². The molecule has 15 heavy (non-hydrogen) atoms. The van der Waals surface area contributed by atoms with Crippen LogP contribution >= 0.6 is 0 Å². The number of sulfonamides is 1. The summed E-state index contributed by atoms with van der Waals surface area (Å²) >= 11 is 0. The highest BCUT2D eigenvalue weighted by atomic mass is 32.2. The van der Waals surface area contributed by atoms with E-state index < -0.39 is 15.3 Å². The van der Waals surface area contributed by atoms with E-state index >= 15 is 0 Å². The minimum absolute atomic E-state index is 0.236. The lowest BCUT2D eigenvalue weighted by Crippen LogP contribution is -2.53. The average molecular weight is 236 g/mol. The lowest BCUT2D eigenvalue weighted by atomic mass is 10.2. The molecule has 0 bridgehead atoms. The van der Waals surface area contributed by atoms with E-state index in [-0.39, 0.29) is 12.6 Å². The van der Waals surface area contributed by atoms with Crippen LogP contribution in [0.5, 0.6) is 0 Å². The highest BCUT2D eigenvalue weighted by Gasteiger charge is 2.32. The van der Waals surface area contributed by atoms with Crippen molar-refractivity contribution < 1.29 is 13.5 Å². The Morgan fingerprint density at radius 1 is 1.47 bits per heavy atom. The van der Waals surface area contributed by atoms with E-state index in [2.05, 4.69) is 4.90 Å². The lowest BCUT2D eigenvalue weighted by molar-refractivity contribution is 0.157. The summed E-state index contributed by atoms with van der Waals surface area (Å²) in [5, 5.41) is 8.20. The SMILES string of the molecule is CC1CN(S(=O)(=O)C(C)CO)CCN1C. The second-order valence-corrected chi connectivity index (χ2v) is 6.58. The second-order valence-electron chi connectivity index (χ2n) is 4.23. The van der Waals surface area contributed by atoms with Crippen molar-refractivity contribution in [1.29, 1.82) is 0 Å². The van der Waals surface area contributed by atoms with Crippen molar-refractivity contribution in [2.75, 3.05) is 33.3 Å². The molecule has 1 heterocycles. The van der Waals surface area contributed by atoms with Gasteiger partial charge in [-0.2, -0.15) is 4.31 Å². The van der Waals surface area contributed by atoms with Gasteiger partial charge in [0.05, 0.1) is 11.9 Å². The third kappa shape index (κ3) is 2.69. The summed E-state index contributed by atoms with van der Waals surface area (Å²) in [5.41, 5.74) is 0. The van der Waals surface area contributed by atoms with Gasteiger partial charge in [-0.1, -0.05) is 0 Å². The molecule has 1 N–H and O–H groups in total. The molecule has 1 fully saturated rings. The van der Waals surface area contributed by atoms with Crippen molar-refractivity contribution in [1.82, 2.24) is 9.21 Å². The van der Waals surface area contributed by atoms with Crippen molar-refractivity contribution in [3.8, 4) is 0 Å².